The van der Waals surface area contributed by atoms with Crippen molar-refractivity contribution in [3.8, 4) is 11.8 Å². The van der Waals surface area contributed by atoms with Crippen LogP contribution in [-0.2, 0) is 9.59 Å². The van der Waals surface area contributed by atoms with E-state index in [4.69, 9.17) is 10.2 Å². The number of carboxylic acid groups (broad SMARTS) is 2. The number of rotatable bonds is 4. The number of aromatic amines is 1. The standard InChI is InChI=1S/C14H20N2.C4H4O4/c1-14(2,3)7-5-4-6-11-8-12(11)13-9-15-10-16-13;5-3(6)1-2-4(7)8/h9-12H,5,7-8H2,1-3H3,(H,15,16);1-2H,(H,5,6)(H,7,8)/b;2-1+/t11-,12-;/m1./s1. The summed E-state index contributed by atoms with van der Waals surface area (Å²) in [7, 11) is 0. The highest BCUT2D eigenvalue weighted by atomic mass is 16.4. The predicted molar refractivity (Wildman–Crippen MR) is 90.3 cm³/mol. The van der Waals surface area contributed by atoms with E-state index in [1.165, 1.54) is 18.5 Å². The van der Waals surface area contributed by atoms with Crippen LogP contribution in [0.4, 0.5) is 0 Å². The van der Waals surface area contributed by atoms with Crippen LogP contribution in [-0.4, -0.2) is 32.1 Å². The van der Waals surface area contributed by atoms with Crippen molar-refractivity contribution in [1.82, 2.24) is 9.97 Å². The average Bonchev–Trinajstić information content (AvgIpc) is 3.02. The fourth-order valence-corrected chi connectivity index (χ4v) is 1.95. The molecule has 0 radical (unpaired) electrons. The van der Waals surface area contributed by atoms with E-state index in [9.17, 15) is 9.59 Å². The number of carboxylic acids is 2. The number of imidazole rings is 1. The molecule has 0 bridgehead atoms. The molecule has 1 fully saturated rings. The smallest absolute Gasteiger partial charge is 0.328 e. The second-order valence-electron chi connectivity index (χ2n) is 6.85. The fraction of sp³-hybridized carbons (Fsp3) is 0.500. The second kappa shape index (κ2) is 8.92. The van der Waals surface area contributed by atoms with Crippen LogP contribution in [0.3, 0.4) is 0 Å². The lowest BCUT2D eigenvalue weighted by Gasteiger charge is -2.15. The molecule has 1 aliphatic rings. The number of nitrogens with one attached hydrogen (secondary N) is 1. The molecule has 6 nitrogen and oxygen atoms in total. The summed E-state index contributed by atoms with van der Waals surface area (Å²) in [5.41, 5.74) is 1.65. The van der Waals surface area contributed by atoms with Gasteiger partial charge in [-0.2, -0.15) is 0 Å². The highest BCUT2D eigenvalue weighted by Crippen LogP contribution is 2.45. The third kappa shape index (κ3) is 8.79. The molecule has 0 aliphatic heterocycles. The van der Waals surface area contributed by atoms with Gasteiger partial charge >= 0.3 is 11.9 Å². The number of hydrogen-bond donors (Lipinski definition) is 3. The molecule has 1 aliphatic carbocycles. The topological polar surface area (TPSA) is 103 Å². The number of aliphatic carboxylic acids is 2. The Kier molecular flexibility index (Phi) is 7.25. The molecule has 1 aromatic heterocycles. The first-order chi connectivity index (χ1) is 11.2. The van der Waals surface area contributed by atoms with Gasteiger partial charge in [-0.3, -0.25) is 0 Å². The van der Waals surface area contributed by atoms with Crippen LogP contribution in [0, 0.1) is 23.2 Å². The van der Waals surface area contributed by atoms with E-state index in [1.807, 2.05) is 6.20 Å². The van der Waals surface area contributed by atoms with Gasteiger partial charge in [-0.1, -0.05) is 26.7 Å². The van der Waals surface area contributed by atoms with Gasteiger partial charge in [0.05, 0.1) is 6.33 Å². The van der Waals surface area contributed by atoms with Crippen LogP contribution < -0.4 is 0 Å². The Balaban J connectivity index is 0.000000307. The molecule has 0 amide bonds. The lowest BCUT2D eigenvalue weighted by atomic mass is 9.91. The molecule has 1 heterocycles. The Morgan fingerprint density at radius 3 is 2.42 bits per heavy atom. The Hall–Kier alpha value is -2.55. The molecule has 0 saturated heterocycles. The Morgan fingerprint density at radius 1 is 1.33 bits per heavy atom. The third-order valence-corrected chi connectivity index (χ3v) is 3.37. The quantitative estimate of drug-likeness (QED) is 0.581. The van der Waals surface area contributed by atoms with Gasteiger partial charge in [-0.15, -0.1) is 5.92 Å². The lowest BCUT2D eigenvalue weighted by molar-refractivity contribution is -0.134. The largest absolute Gasteiger partial charge is 0.478 e. The lowest BCUT2D eigenvalue weighted by Crippen LogP contribution is -2.03. The van der Waals surface area contributed by atoms with E-state index in [1.54, 1.807) is 6.33 Å². The fourth-order valence-electron chi connectivity index (χ4n) is 1.95. The summed E-state index contributed by atoms with van der Waals surface area (Å²) in [6, 6.07) is 0. The zero-order valence-corrected chi connectivity index (χ0v) is 14.2. The maximum Gasteiger partial charge on any atom is 0.328 e. The summed E-state index contributed by atoms with van der Waals surface area (Å²) in [5.74, 6) is 5.35. The first kappa shape index (κ1) is 19.5. The summed E-state index contributed by atoms with van der Waals surface area (Å²) in [6.45, 7) is 6.79. The monoisotopic (exact) mass is 332 g/mol. The highest BCUT2D eigenvalue weighted by molar-refractivity contribution is 5.89. The van der Waals surface area contributed by atoms with E-state index in [-0.39, 0.29) is 0 Å². The van der Waals surface area contributed by atoms with Crippen molar-refractivity contribution in [2.45, 2.75) is 46.0 Å². The van der Waals surface area contributed by atoms with E-state index in [0.717, 1.165) is 6.42 Å². The summed E-state index contributed by atoms with van der Waals surface area (Å²) in [6.07, 6.45) is 8.19. The van der Waals surface area contributed by atoms with Gasteiger partial charge in [0, 0.05) is 42.3 Å². The van der Waals surface area contributed by atoms with Crippen LogP contribution >= 0.6 is 0 Å². The van der Waals surface area contributed by atoms with Crippen molar-refractivity contribution in [2.75, 3.05) is 0 Å². The van der Waals surface area contributed by atoms with Crippen LogP contribution in [0.5, 0.6) is 0 Å². The number of aromatic nitrogens is 2. The first-order valence-electron chi connectivity index (χ1n) is 7.79. The molecule has 0 spiro atoms. The first-order valence-corrected chi connectivity index (χ1v) is 7.79. The van der Waals surface area contributed by atoms with Crippen molar-refractivity contribution < 1.29 is 19.8 Å². The summed E-state index contributed by atoms with van der Waals surface area (Å²) in [5, 5.41) is 15.6. The molecule has 6 heteroatoms. The minimum absolute atomic E-state index is 0.404. The Bertz CT molecular complexity index is 614. The summed E-state index contributed by atoms with van der Waals surface area (Å²) < 4.78 is 0. The van der Waals surface area contributed by atoms with Crippen molar-refractivity contribution in [1.29, 1.82) is 0 Å². The van der Waals surface area contributed by atoms with Crippen LogP contribution in [0.1, 0.15) is 51.6 Å². The van der Waals surface area contributed by atoms with E-state index >= 15 is 0 Å². The van der Waals surface area contributed by atoms with Crippen molar-refractivity contribution >= 4 is 11.9 Å². The molecule has 1 saturated carbocycles. The minimum Gasteiger partial charge on any atom is -0.478 e. The number of H-pyrrole nitrogens is 1. The van der Waals surface area contributed by atoms with Crippen molar-refractivity contribution in [3.63, 3.8) is 0 Å². The minimum atomic E-state index is -1.26. The van der Waals surface area contributed by atoms with Crippen molar-refractivity contribution in [3.05, 3.63) is 30.4 Å². The molecule has 2 rings (SSSR count). The molecule has 2 atom stereocenters. The van der Waals surface area contributed by atoms with Crippen LogP contribution in [0.25, 0.3) is 0 Å². The van der Waals surface area contributed by atoms with Crippen LogP contribution in [0.15, 0.2) is 24.7 Å². The van der Waals surface area contributed by atoms with Gasteiger partial charge in [-0.05, 0) is 18.3 Å². The van der Waals surface area contributed by atoms with E-state index in [0.29, 0.717) is 29.4 Å². The number of hydrogen-bond acceptors (Lipinski definition) is 3. The van der Waals surface area contributed by atoms with Gasteiger partial charge < -0.3 is 15.2 Å². The van der Waals surface area contributed by atoms with Gasteiger partial charge in [-0.25, -0.2) is 14.6 Å². The predicted octanol–water partition coefficient (Wildman–Crippen LogP) is 3.05. The second-order valence-corrected chi connectivity index (χ2v) is 6.85. The molecule has 0 aromatic carbocycles. The van der Waals surface area contributed by atoms with Crippen molar-refractivity contribution in [2.24, 2.45) is 11.3 Å². The molecular weight excluding hydrogens is 308 g/mol. The molecule has 0 unspecified atom stereocenters. The average molecular weight is 332 g/mol. The highest BCUT2D eigenvalue weighted by Gasteiger charge is 2.37. The Labute approximate surface area is 142 Å². The molecule has 1 aromatic rings. The van der Waals surface area contributed by atoms with Gasteiger partial charge in [0.2, 0.25) is 0 Å². The maximum absolute atomic E-state index is 9.55. The molecular formula is C18H24N2O4. The summed E-state index contributed by atoms with van der Waals surface area (Å²) >= 11 is 0. The number of nitrogens with zero attached hydrogens (tertiary/aromatic N) is 1. The van der Waals surface area contributed by atoms with E-state index < -0.39 is 11.9 Å². The Morgan fingerprint density at radius 2 is 1.96 bits per heavy atom. The SMILES string of the molecule is CC(C)(C)CCC#C[C@@H]1C[C@H]1c1cnc[nH]1.O=C(O)/C=C/C(=O)O. The van der Waals surface area contributed by atoms with Gasteiger partial charge in [0.15, 0.2) is 0 Å². The van der Waals surface area contributed by atoms with Crippen LogP contribution in [0.2, 0.25) is 0 Å². The zero-order valence-electron chi connectivity index (χ0n) is 14.2. The zero-order chi connectivity index (χ0) is 18.2. The normalized spacial score (nSPS) is 19.0. The third-order valence-electron chi connectivity index (χ3n) is 3.37. The number of carbonyl (C=O) groups is 2. The molecule has 3 N–H and O–H groups in total. The molecule has 24 heavy (non-hydrogen) atoms. The van der Waals surface area contributed by atoms with E-state index in [2.05, 4.69) is 42.6 Å². The molecule has 130 valence electrons. The van der Waals surface area contributed by atoms with Gasteiger partial charge in [0.1, 0.15) is 0 Å². The maximum atomic E-state index is 9.55. The summed E-state index contributed by atoms with van der Waals surface area (Å²) in [4.78, 5) is 26.3. The van der Waals surface area contributed by atoms with Gasteiger partial charge in [0.25, 0.3) is 0 Å².